The number of aromatic nitrogens is 3. The second kappa shape index (κ2) is 7.21. The lowest BCUT2D eigenvalue weighted by Crippen LogP contribution is -2.41. The topological polar surface area (TPSA) is 75.5 Å². The molecular weight excluding hydrogens is 381 g/mol. The molecule has 0 spiro atoms. The van der Waals surface area contributed by atoms with Gasteiger partial charge in [-0.05, 0) is 57.9 Å². The zero-order chi connectivity index (χ0) is 21.7. The van der Waals surface area contributed by atoms with Crippen LogP contribution in [0.1, 0.15) is 49.2 Å². The largest absolute Gasteiger partial charge is 0.497 e. The Morgan fingerprint density at radius 2 is 1.80 bits per heavy atom. The zero-order valence-electron chi connectivity index (χ0n) is 18.2. The van der Waals surface area contributed by atoms with E-state index < -0.39 is 18.3 Å². The number of hydrogen-bond donors (Lipinski definition) is 0. The number of hydrogen-bond acceptors (Lipinski definition) is 6. The van der Waals surface area contributed by atoms with Crippen molar-refractivity contribution < 1.29 is 18.8 Å². The number of ether oxygens (including phenoxy) is 1. The number of nitrogens with zero attached hydrogens (tertiary/aromatic N) is 3. The Morgan fingerprint density at radius 1 is 1.13 bits per heavy atom. The number of rotatable bonds is 4. The quantitative estimate of drug-likeness (QED) is 0.489. The summed E-state index contributed by atoms with van der Waals surface area (Å²) < 4.78 is 19.3. The van der Waals surface area contributed by atoms with Crippen molar-refractivity contribution in [3.8, 4) is 0 Å². The summed E-state index contributed by atoms with van der Waals surface area (Å²) in [6.45, 7) is 10.5. The van der Waals surface area contributed by atoms with E-state index in [0.717, 1.165) is 27.6 Å². The van der Waals surface area contributed by atoms with Crippen molar-refractivity contribution in [2.24, 2.45) is 0 Å². The molecule has 30 heavy (non-hydrogen) atoms. The van der Waals surface area contributed by atoms with E-state index in [1.807, 2.05) is 58.9 Å². The van der Waals surface area contributed by atoms with Gasteiger partial charge in [0.15, 0.2) is 0 Å². The minimum absolute atomic E-state index is 0.372. The summed E-state index contributed by atoms with van der Waals surface area (Å²) in [4.78, 5) is 12.2. The van der Waals surface area contributed by atoms with Crippen molar-refractivity contribution >= 4 is 29.6 Å². The van der Waals surface area contributed by atoms with E-state index >= 15 is 0 Å². The summed E-state index contributed by atoms with van der Waals surface area (Å²) in [5.74, 6) is -0.378. The standard InChI is InChI=1S/C22H26BN3O4/c1-14-11-17(23-29-21(2,3)22(4,5)30-23)19-18(12-14)24-25-26(19)13-15-9-7-8-10-16(15)20(27)28-6/h7-12H,13H2,1-6H3. The molecule has 2 aromatic carbocycles. The van der Waals surface area contributed by atoms with E-state index in [4.69, 9.17) is 14.0 Å². The first-order valence-electron chi connectivity index (χ1n) is 9.98. The van der Waals surface area contributed by atoms with E-state index in [9.17, 15) is 4.79 Å². The third kappa shape index (κ3) is 3.40. The highest BCUT2D eigenvalue weighted by molar-refractivity contribution is 6.65. The molecule has 0 atom stereocenters. The second-order valence-electron chi connectivity index (χ2n) is 8.71. The monoisotopic (exact) mass is 407 g/mol. The van der Waals surface area contributed by atoms with Gasteiger partial charge in [-0.2, -0.15) is 0 Å². The van der Waals surface area contributed by atoms with E-state index in [2.05, 4.69) is 16.4 Å². The first kappa shape index (κ1) is 20.6. The van der Waals surface area contributed by atoms with Gasteiger partial charge in [0, 0.05) is 5.46 Å². The number of benzene rings is 2. The molecule has 8 heteroatoms. The van der Waals surface area contributed by atoms with Gasteiger partial charge in [0.1, 0.15) is 5.52 Å². The molecule has 1 fully saturated rings. The number of carbonyl (C=O) groups excluding carboxylic acids is 1. The van der Waals surface area contributed by atoms with Gasteiger partial charge in [-0.25, -0.2) is 9.48 Å². The van der Waals surface area contributed by atoms with Crippen molar-refractivity contribution in [2.75, 3.05) is 7.11 Å². The molecule has 1 aliphatic rings. The van der Waals surface area contributed by atoms with Crippen LogP contribution in [0.5, 0.6) is 0 Å². The fraction of sp³-hybridized carbons (Fsp3) is 0.409. The predicted octanol–water partition coefficient (Wildman–Crippen LogP) is 2.87. The molecule has 0 aliphatic carbocycles. The average Bonchev–Trinajstić information content (AvgIpc) is 3.18. The van der Waals surface area contributed by atoms with Crippen molar-refractivity contribution in [1.29, 1.82) is 0 Å². The molecule has 0 radical (unpaired) electrons. The van der Waals surface area contributed by atoms with Crippen LogP contribution in [0.2, 0.25) is 0 Å². The lowest BCUT2D eigenvalue weighted by atomic mass is 9.77. The van der Waals surface area contributed by atoms with Gasteiger partial charge < -0.3 is 14.0 Å². The number of methoxy groups -OCH3 is 1. The van der Waals surface area contributed by atoms with Gasteiger partial charge in [-0.15, -0.1) is 5.10 Å². The molecule has 0 unspecified atom stereocenters. The minimum atomic E-state index is -0.537. The molecule has 1 aromatic heterocycles. The van der Waals surface area contributed by atoms with Crippen LogP contribution in [-0.2, 0) is 20.6 Å². The second-order valence-corrected chi connectivity index (χ2v) is 8.71. The highest BCUT2D eigenvalue weighted by atomic mass is 16.7. The molecule has 3 aromatic rings. The van der Waals surface area contributed by atoms with Gasteiger partial charge in [0.25, 0.3) is 0 Å². The summed E-state index contributed by atoms with van der Waals surface area (Å²) in [5.41, 5.74) is 3.92. The van der Waals surface area contributed by atoms with Crippen molar-refractivity contribution in [2.45, 2.75) is 52.4 Å². The summed E-state index contributed by atoms with van der Waals surface area (Å²) >= 11 is 0. The fourth-order valence-corrected chi connectivity index (χ4v) is 3.68. The number of esters is 1. The fourth-order valence-electron chi connectivity index (χ4n) is 3.68. The van der Waals surface area contributed by atoms with Crippen LogP contribution in [0, 0.1) is 6.92 Å². The summed E-state index contributed by atoms with van der Waals surface area (Å²) in [7, 11) is 0.842. The average molecular weight is 407 g/mol. The van der Waals surface area contributed by atoms with Crippen LogP contribution < -0.4 is 5.46 Å². The van der Waals surface area contributed by atoms with Crippen LogP contribution in [0.25, 0.3) is 11.0 Å². The highest BCUT2D eigenvalue weighted by Gasteiger charge is 2.52. The SMILES string of the molecule is COC(=O)c1ccccc1Cn1nnc2cc(C)cc(B3OC(C)(C)C(C)(C)O3)c21. The molecule has 0 amide bonds. The molecule has 0 N–H and O–H groups in total. The Hall–Kier alpha value is -2.71. The number of aryl methyl sites for hydroxylation is 1. The van der Waals surface area contributed by atoms with Gasteiger partial charge in [0.05, 0.1) is 35.9 Å². The summed E-state index contributed by atoms with van der Waals surface area (Å²) in [6, 6.07) is 11.4. The lowest BCUT2D eigenvalue weighted by Gasteiger charge is -2.32. The first-order chi connectivity index (χ1) is 14.1. The van der Waals surface area contributed by atoms with Gasteiger partial charge in [-0.1, -0.05) is 29.5 Å². The van der Waals surface area contributed by atoms with Crippen LogP contribution >= 0.6 is 0 Å². The van der Waals surface area contributed by atoms with E-state index in [0.29, 0.717) is 12.1 Å². The van der Waals surface area contributed by atoms with E-state index in [1.165, 1.54) is 7.11 Å². The molecule has 156 valence electrons. The van der Waals surface area contributed by atoms with Crippen LogP contribution in [0.15, 0.2) is 36.4 Å². The van der Waals surface area contributed by atoms with Gasteiger partial charge in [-0.3, -0.25) is 0 Å². The Morgan fingerprint density at radius 3 is 2.47 bits per heavy atom. The summed E-state index contributed by atoms with van der Waals surface area (Å²) in [6.07, 6.45) is 0. The normalized spacial score (nSPS) is 17.5. The molecule has 2 heterocycles. The van der Waals surface area contributed by atoms with E-state index in [-0.39, 0.29) is 5.97 Å². The molecular formula is C22H26BN3O4. The molecule has 7 nitrogen and oxygen atoms in total. The Bertz CT molecular complexity index is 1110. The molecule has 0 saturated carbocycles. The van der Waals surface area contributed by atoms with Crippen molar-refractivity contribution in [1.82, 2.24) is 15.0 Å². The highest BCUT2D eigenvalue weighted by Crippen LogP contribution is 2.37. The smallest absolute Gasteiger partial charge is 0.465 e. The van der Waals surface area contributed by atoms with E-state index in [1.54, 1.807) is 10.7 Å². The van der Waals surface area contributed by atoms with Crippen LogP contribution in [-0.4, -0.2) is 46.4 Å². The maximum atomic E-state index is 12.2. The van der Waals surface area contributed by atoms with Crippen LogP contribution in [0.4, 0.5) is 0 Å². The lowest BCUT2D eigenvalue weighted by molar-refractivity contribution is 0.00578. The first-order valence-corrected chi connectivity index (χ1v) is 9.98. The third-order valence-corrected chi connectivity index (χ3v) is 6.03. The Kier molecular flexibility index (Phi) is 4.94. The maximum Gasteiger partial charge on any atom is 0.497 e. The molecule has 1 saturated heterocycles. The molecule has 4 rings (SSSR count). The minimum Gasteiger partial charge on any atom is -0.465 e. The maximum absolute atomic E-state index is 12.2. The predicted molar refractivity (Wildman–Crippen MR) is 115 cm³/mol. The van der Waals surface area contributed by atoms with Crippen molar-refractivity contribution in [3.63, 3.8) is 0 Å². The molecule has 1 aliphatic heterocycles. The number of fused-ring (bicyclic) bond motifs is 1. The molecule has 0 bridgehead atoms. The summed E-state index contributed by atoms with van der Waals surface area (Å²) in [5, 5.41) is 8.73. The van der Waals surface area contributed by atoms with Gasteiger partial charge in [0.2, 0.25) is 0 Å². The zero-order valence-corrected chi connectivity index (χ0v) is 18.2. The Labute approximate surface area is 176 Å². The van der Waals surface area contributed by atoms with Crippen molar-refractivity contribution in [3.05, 3.63) is 53.1 Å². The Balaban J connectivity index is 1.81. The van der Waals surface area contributed by atoms with Crippen LogP contribution in [0.3, 0.4) is 0 Å². The van der Waals surface area contributed by atoms with Gasteiger partial charge >= 0.3 is 13.1 Å². The third-order valence-electron chi connectivity index (χ3n) is 6.03. The number of carbonyl (C=O) groups is 1.